The molecule has 0 saturated carbocycles. The average molecular weight is 774 g/mol. The first-order valence-electron chi connectivity index (χ1n) is 15.8. The van der Waals surface area contributed by atoms with Gasteiger partial charge in [0.05, 0.1) is 11.5 Å². The molecule has 21 nitrogen and oxygen atoms in total. The van der Waals surface area contributed by atoms with Crippen molar-refractivity contribution >= 4 is 45.9 Å². The molecule has 0 radical (unpaired) electrons. The van der Waals surface area contributed by atoms with Gasteiger partial charge in [-0.2, -0.15) is 8.42 Å². The van der Waals surface area contributed by atoms with Crippen molar-refractivity contribution in [2.75, 3.05) is 13.2 Å². The topological polar surface area (TPSA) is 278 Å². The van der Waals surface area contributed by atoms with Crippen molar-refractivity contribution in [2.24, 2.45) is 5.11 Å². The highest BCUT2D eigenvalue weighted by molar-refractivity contribution is 7.86. The van der Waals surface area contributed by atoms with Crippen LogP contribution in [-0.4, -0.2) is 119 Å². The van der Waals surface area contributed by atoms with E-state index in [9.17, 15) is 42.7 Å². The highest BCUT2D eigenvalue weighted by atomic mass is 32.2. The zero-order chi connectivity index (χ0) is 39.6. The minimum absolute atomic E-state index is 0.243. The first-order valence-corrected chi connectivity index (χ1v) is 17.2. The lowest BCUT2D eigenvalue weighted by molar-refractivity contribution is -0.344. The Kier molecular flexibility index (Phi) is 15.1. The number of aryl methyl sites for hydroxylation is 1. The molecule has 0 aromatic heterocycles. The van der Waals surface area contributed by atoms with Gasteiger partial charge in [-0.3, -0.25) is 33.0 Å². The first-order chi connectivity index (χ1) is 24.8. The molecule has 0 unspecified atom stereocenters. The third-order valence-electron chi connectivity index (χ3n) is 7.32. The van der Waals surface area contributed by atoms with Gasteiger partial charge in [-0.15, -0.1) is 0 Å². The number of benzene rings is 1. The van der Waals surface area contributed by atoms with E-state index in [2.05, 4.69) is 10.0 Å². The van der Waals surface area contributed by atoms with Crippen LogP contribution < -0.4 is 0 Å². The van der Waals surface area contributed by atoms with Gasteiger partial charge in [0.2, 0.25) is 0 Å². The highest BCUT2D eigenvalue weighted by Crippen LogP contribution is 2.36. The Balaban J connectivity index is 2.17. The molecule has 0 spiro atoms. The minimum atomic E-state index is -4.49. The molecule has 2 heterocycles. The third kappa shape index (κ3) is 12.1. The van der Waals surface area contributed by atoms with Crippen LogP contribution in [0, 0.1) is 6.92 Å². The van der Waals surface area contributed by atoms with Gasteiger partial charge in [0.1, 0.15) is 24.9 Å². The van der Waals surface area contributed by atoms with Crippen molar-refractivity contribution in [3.63, 3.8) is 0 Å². The lowest BCUT2D eigenvalue weighted by Crippen LogP contribution is -2.67. The van der Waals surface area contributed by atoms with Crippen LogP contribution >= 0.6 is 0 Å². The fraction of sp³-hybridized carbons (Fsp3) is 0.613. The van der Waals surface area contributed by atoms with Crippen LogP contribution in [0.25, 0.3) is 10.4 Å². The molecule has 22 heteroatoms. The number of hydrogen-bond donors (Lipinski definition) is 0. The van der Waals surface area contributed by atoms with E-state index in [1.165, 1.54) is 24.3 Å². The summed E-state index contributed by atoms with van der Waals surface area (Å²) in [5, 5.41) is 3.47. The van der Waals surface area contributed by atoms with Crippen LogP contribution in [0.2, 0.25) is 0 Å². The first kappa shape index (κ1) is 42.6. The molecule has 2 aliphatic heterocycles. The van der Waals surface area contributed by atoms with Crippen molar-refractivity contribution < 1.29 is 84.0 Å². The molecule has 53 heavy (non-hydrogen) atoms. The lowest BCUT2D eigenvalue weighted by Gasteiger charge is -2.48. The molecule has 0 aliphatic carbocycles. The van der Waals surface area contributed by atoms with Crippen LogP contribution in [0.4, 0.5) is 0 Å². The van der Waals surface area contributed by atoms with E-state index in [-0.39, 0.29) is 4.90 Å². The second kappa shape index (κ2) is 18.8. The van der Waals surface area contributed by atoms with Gasteiger partial charge in [-0.05, 0) is 24.6 Å². The summed E-state index contributed by atoms with van der Waals surface area (Å²) in [5.74, 6) is -5.63. The van der Waals surface area contributed by atoms with Crippen molar-refractivity contribution in [1.29, 1.82) is 0 Å². The van der Waals surface area contributed by atoms with Crippen LogP contribution in [0.5, 0.6) is 0 Å². The van der Waals surface area contributed by atoms with Crippen LogP contribution in [-0.2, 0) is 85.7 Å². The van der Waals surface area contributed by atoms with E-state index in [4.69, 9.17) is 46.8 Å². The highest BCUT2D eigenvalue weighted by Gasteiger charge is 2.57. The maximum Gasteiger partial charge on any atom is 0.303 e. The van der Waals surface area contributed by atoms with E-state index in [0.29, 0.717) is 0 Å². The number of carbonyl (C=O) groups is 6. The lowest BCUT2D eigenvalue weighted by atomic mass is 9.95. The number of azide groups is 1. The quantitative estimate of drug-likeness (QED) is 0.0638. The maximum absolute atomic E-state index is 13.2. The van der Waals surface area contributed by atoms with E-state index < -0.39 is 120 Å². The second-order valence-corrected chi connectivity index (χ2v) is 13.3. The molecular weight excluding hydrogens is 734 g/mol. The molecule has 0 N–H and O–H groups in total. The Morgan fingerprint density at radius 1 is 0.660 bits per heavy atom. The second-order valence-electron chi connectivity index (χ2n) is 11.6. The standard InChI is InChI=1S/C31H39N3O18S/c1-14-8-10-21(11-9-14)53(41,42)44-13-23-24(45-16(3)36)27(47-18(5)38)29(49-20(7)40)31(51-23)52-25-22(12-43-15(2)35)50-30(33-34-32)28(48-19(6)39)26(25)46-17(4)37/h8-11,22-31H,12-13H2,1-7H3/t22-,23-,24-,25-,26+,27+,28-,29-,30-,31+/m1/s1. The number of carbonyl (C=O) groups excluding carboxylic acids is 6. The molecule has 1 aromatic carbocycles. The molecule has 0 bridgehead atoms. The normalized spacial score (nSPS) is 28.3. The summed E-state index contributed by atoms with van der Waals surface area (Å²) >= 11 is 0. The predicted molar refractivity (Wildman–Crippen MR) is 170 cm³/mol. The smallest absolute Gasteiger partial charge is 0.303 e. The van der Waals surface area contributed by atoms with Crippen LogP contribution in [0.1, 0.15) is 47.1 Å². The fourth-order valence-electron chi connectivity index (χ4n) is 5.36. The van der Waals surface area contributed by atoms with Gasteiger partial charge >= 0.3 is 35.8 Å². The summed E-state index contributed by atoms with van der Waals surface area (Å²) in [7, 11) is -4.49. The largest absolute Gasteiger partial charge is 0.463 e. The summed E-state index contributed by atoms with van der Waals surface area (Å²) in [5.41, 5.74) is 9.96. The Morgan fingerprint density at radius 2 is 1.13 bits per heavy atom. The summed E-state index contributed by atoms with van der Waals surface area (Å²) in [6.07, 6.45) is -17.2. The van der Waals surface area contributed by atoms with E-state index in [1.807, 2.05) is 0 Å². The molecule has 3 rings (SSSR count). The SMILES string of the molecule is CC(=O)OC[C@H]1O[C@@H](N=[N+]=[N-])[C@H](OC(C)=O)[C@@H](OC(C)=O)[C@@H]1O[C@@H]1O[C@H](COS(=O)(=O)c2ccc(C)cc2)[C@@H](OC(C)=O)[C@H](OC(C)=O)[C@H]1OC(C)=O. The molecule has 0 amide bonds. The predicted octanol–water partition coefficient (Wildman–Crippen LogP) is 1.07. The molecule has 292 valence electrons. The summed E-state index contributed by atoms with van der Waals surface area (Å²) in [4.78, 5) is 75.9. The van der Waals surface area contributed by atoms with Crippen molar-refractivity contribution in [2.45, 2.75) is 115 Å². The van der Waals surface area contributed by atoms with Crippen LogP contribution in [0.15, 0.2) is 34.3 Å². The monoisotopic (exact) mass is 773 g/mol. The van der Waals surface area contributed by atoms with Gasteiger partial charge < -0.3 is 42.6 Å². The Labute approximate surface area is 303 Å². The molecule has 2 aliphatic rings. The number of hydrogen-bond acceptors (Lipinski definition) is 19. The Morgan fingerprint density at radius 3 is 1.64 bits per heavy atom. The molecular formula is C31H39N3O18S. The van der Waals surface area contributed by atoms with E-state index in [1.54, 1.807) is 6.92 Å². The minimum Gasteiger partial charge on any atom is -0.463 e. The van der Waals surface area contributed by atoms with Crippen molar-refractivity contribution in [3.05, 3.63) is 40.3 Å². The summed E-state index contributed by atoms with van der Waals surface area (Å²) in [6, 6.07) is 5.61. The van der Waals surface area contributed by atoms with E-state index in [0.717, 1.165) is 47.1 Å². The third-order valence-corrected chi connectivity index (χ3v) is 8.61. The summed E-state index contributed by atoms with van der Waals surface area (Å²) < 4.78 is 81.8. The number of esters is 6. The number of nitrogens with zero attached hydrogens (tertiary/aromatic N) is 3. The number of ether oxygens (including phenoxy) is 9. The van der Waals surface area contributed by atoms with Gasteiger partial charge in [-0.25, -0.2) is 0 Å². The number of rotatable bonds is 14. The van der Waals surface area contributed by atoms with Gasteiger partial charge in [0.15, 0.2) is 43.0 Å². The van der Waals surface area contributed by atoms with Crippen LogP contribution in [0.3, 0.4) is 0 Å². The Bertz CT molecular complexity index is 1680. The summed E-state index contributed by atoms with van der Waals surface area (Å²) in [6.45, 7) is 6.16. The zero-order valence-corrected chi connectivity index (χ0v) is 30.4. The van der Waals surface area contributed by atoms with Crippen molar-refractivity contribution in [3.8, 4) is 0 Å². The molecule has 10 atom stereocenters. The molecule has 2 saturated heterocycles. The molecule has 1 aromatic rings. The fourth-order valence-corrected chi connectivity index (χ4v) is 6.28. The van der Waals surface area contributed by atoms with Gasteiger partial charge in [0, 0.05) is 46.5 Å². The zero-order valence-electron chi connectivity index (χ0n) is 29.6. The van der Waals surface area contributed by atoms with Gasteiger partial charge in [-0.1, -0.05) is 22.8 Å². The van der Waals surface area contributed by atoms with Gasteiger partial charge in [0.25, 0.3) is 10.1 Å². The molecule has 2 fully saturated rings. The van der Waals surface area contributed by atoms with Crippen molar-refractivity contribution in [1.82, 2.24) is 0 Å². The maximum atomic E-state index is 13.2. The Hall–Kier alpha value is -4.86. The van der Waals surface area contributed by atoms with E-state index >= 15 is 0 Å². The average Bonchev–Trinajstić information content (AvgIpc) is 3.04.